The van der Waals surface area contributed by atoms with Crippen molar-refractivity contribution in [3.63, 3.8) is 0 Å². The van der Waals surface area contributed by atoms with E-state index < -0.39 is 26.4 Å². The summed E-state index contributed by atoms with van der Waals surface area (Å²) >= 11 is 5.63. The van der Waals surface area contributed by atoms with E-state index in [9.17, 15) is 12.8 Å². The van der Waals surface area contributed by atoms with Crippen LogP contribution in [0, 0.1) is 5.82 Å². The molecule has 2 N–H and O–H groups in total. The van der Waals surface area contributed by atoms with Crippen LogP contribution in [-0.4, -0.2) is 19.4 Å². The molecule has 0 fully saturated rings. The van der Waals surface area contributed by atoms with E-state index in [4.69, 9.17) is 17.3 Å². The highest BCUT2D eigenvalue weighted by Gasteiger charge is 2.38. The van der Waals surface area contributed by atoms with Gasteiger partial charge in [-0.1, -0.05) is 17.7 Å². The van der Waals surface area contributed by atoms with Crippen LogP contribution >= 0.6 is 11.6 Å². The van der Waals surface area contributed by atoms with E-state index in [2.05, 4.69) is 0 Å². The molecule has 0 amide bonds. The Morgan fingerprint density at radius 2 is 1.94 bits per heavy atom. The lowest BCUT2D eigenvalue weighted by atomic mass is 9.96. The maximum Gasteiger partial charge on any atom is 0.154 e. The van der Waals surface area contributed by atoms with Crippen molar-refractivity contribution in [2.24, 2.45) is 5.73 Å². The molecule has 1 rings (SSSR count). The van der Waals surface area contributed by atoms with Gasteiger partial charge in [0.05, 0.1) is 10.8 Å². The summed E-state index contributed by atoms with van der Waals surface area (Å²) in [6, 6.07) is 3.07. The molecular weight excluding hydrogens is 265 g/mol. The number of sulfone groups is 1. The van der Waals surface area contributed by atoms with Crippen molar-refractivity contribution in [2.75, 3.05) is 6.26 Å². The van der Waals surface area contributed by atoms with Crippen molar-refractivity contribution in [2.45, 2.75) is 24.6 Å². The minimum Gasteiger partial charge on any atom is -0.323 e. The molecule has 1 unspecified atom stereocenters. The van der Waals surface area contributed by atoms with E-state index in [1.807, 2.05) is 0 Å². The molecule has 0 radical (unpaired) electrons. The fourth-order valence-corrected chi connectivity index (χ4v) is 2.11. The Balaban J connectivity index is 3.26. The van der Waals surface area contributed by atoms with Crippen LogP contribution in [0.15, 0.2) is 18.2 Å². The van der Waals surface area contributed by atoms with Gasteiger partial charge in [-0.2, -0.15) is 0 Å². The molecule has 1 aromatic rings. The van der Waals surface area contributed by atoms with Gasteiger partial charge in [0.2, 0.25) is 0 Å². The van der Waals surface area contributed by atoms with Gasteiger partial charge in [-0.05, 0) is 26.0 Å². The topological polar surface area (TPSA) is 60.2 Å². The summed E-state index contributed by atoms with van der Waals surface area (Å²) in [6.45, 7) is 2.95. The predicted molar refractivity (Wildman–Crippen MR) is 67.3 cm³/mol. The third-order valence-corrected chi connectivity index (χ3v) is 5.40. The van der Waals surface area contributed by atoms with Gasteiger partial charge < -0.3 is 5.73 Å². The second kappa shape index (κ2) is 4.55. The lowest BCUT2D eigenvalue weighted by Gasteiger charge is -2.30. The molecule has 0 heterocycles. The van der Waals surface area contributed by atoms with Crippen molar-refractivity contribution in [1.82, 2.24) is 0 Å². The monoisotopic (exact) mass is 279 g/mol. The maximum absolute atomic E-state index is 13.7. The van der Waals surface area contributed by atoms with Gasteiger partial charge >= 0.3 is 0 Å². The first-order chi connectivity index (χ1) is 7.57. The quantitative estimate of drug-likeness (QED) is 0.923. The van der Waals surface area contributed by atoms with Crippen molar-refractivity contribution >= 4 is 21.4 Å². The lowest BCUT2D eigenvalue weighted by Crippen LogP contribution is -2.42. The molecule has 96 valence electrons. The van der Waals surface area contributed by atoms with Crippen LogP contribution in [0.3, 0.4) is 0 Å². The lowest BCUT2D eigenvalue weighted by molar-refractivity contribution is 0.479. The SMILES string of the molecule is CC(C)(C(N)c1ccc(Cl)cc1F)S(C)(=O)=O. The molecule has 1 atom stereocenters. The van der Waals surface area contributed by atoms with Gasteiger partial charge in [-0.3, -0.25) is 0 Å². The number of benzene rings is 1. The average Bonchev–Trinajstić information content (AvgIpc) is 2.14. The van der Waals surface area contributed by atoms with Gasteiger partial charge in [0.1, 0.15) is 5.82 Å². The Bertz CT molecular complexity index is 528. The fourth-order valence-electron chi connectivity index (χ4n) is 1.36. The van der Waals surface area contributed by atoms with Gasteiger partial charge in [0.15, 0.2) is 9.84 Å². The average molecular weight is 280 g/mol. The zero-order valence-electron chi connectivity index (χ0n) is 9.87. The van der Waals surface area contributed by atoms with E-state index in [1.54, 1.807) is 0 Å². The summed E-state index contributed by atoms with van der Waals surface area (Å²) in [5.74, 6) is -0.596. The molecular formula is C11H15ClFNO2S. The third kappa shape index (κ3) is 2.78. The minimum absolute atomic E-state index is 0.143. The third-order valence-electron chi connectivity index (χ3n) is 3.00. The summed E-state index contributed by atoms with van der Waals surface area (Å²) < 4.78 is 35.6. The Labute approximate surface area is 106 Å². The smallest absolute Gasteiger partial charge is 0.154 e. The Morgan fingerprint density at radius 3 is 2.35 bits per heavy atom. The zero-order valence-corrected chi connectivity index (χ0v) is 11.4. The van der Waals surface area contributed by atoms with E-state index >= 15 is 0 Å². The van der Waals surface area contributed by atoms with Crippen LogP contribution < -0.4 is 5.73 Å². The molecule has 1 aromatic carbocycles. The second-order valence-electron chi connectivity index (χ2n) is 4.52. The molecule has 0 aliphatic rings. The van der Waals surface area contributed by atoms with Crippen LogP contribution in [0.5, 0.6) is 0 Å². The van der Waals surface area contributed by atoms with E-state index in [-0.39, 0.29) is 10.6 Å². The second-order valence-corrected chi connectivity index (χ2v) is 7.55. The van der Waals surface area contributed by atoms with Crippen LogP contribution in [0.4, 0.5) is 4.39 Å². The number of rotatable bonds is 3. The highest BCUT2D eigenvalue weighted by molar-refractivity contribution is 7.92. The summed E-state index contributed by atoms with van der Waals surface area (Å²) in [4.78, 5) is 0. The van der Waals surface area contributed by atoms with Crippen LogP contribution in [0.2, 0.25) is 5.02 Å². The molecule has 0 aromatic heterocycles. The van der Waals surface area contributed by atoms with Gasteiger partial charge in [0, 0.05) is 16.8 Å². The number of nitrogens with two attached hydrogens (primary N) is 1. The molecule has 0 saturated carbocycles. The Morgan fingerprint density at radius 1 is 1.41 bits per heavy atom. The molecule has 17 heavy (non-hydrogen) atoms. The van der Waals surface area contributed by atoms with Crippen LogP contribution in [0.25, 0.3) is 0 Å². The summed E-state index contributed by atoms with van der Waals surface area (Å²) in [6.07, 6.45) is 1.08. The van der Waals surface area contributed by atoms with E-state index in [1.165, 1.54) is 26.0 Å². The highest BCUT2D eigenvalue weighted by atomic mass is 35.5. The first-order valence-electron chi connectivity index (χ1n) is 4.97. The molecule has 0 aliphatic heterocycles. The van der Waals surface area contributed by atoms with E-state index in [0.29, 0.717) is 0 Å². The fraction of sp³-hybridized carbons (Fsp3) is 0.455. The first-order valence-corrected chi connectivity index (χ1v) is 7.24. The molecule has 3 nitrogen and oxygen atoms in total. The molecule has 0 saturated heterocycles. The van der Waals surface area contributed by atoms with Gasteiger partial charge in [0.25, 0.3) is 0 Å². The van der Waals surface area contributed by atoms with Crippen molar-refractivity contribution in [3.8, 4) is 0 Å². The van der Waals surface area contributed by atoms with Crippen molar-refractivity contribution < 1.29 is 12.8 Å². The molecule has 0 bridgehead atoms. The molecule has 0 aliphatic carbocycles. The first kappa shape index (κ1) is 14.4. The highest BCUT2D eigenvalue weighted by Crippen LogP contribution is 2.32. The summed E-state index contributed by atoms with van der Waals surface area (Å²) in [5.41, 5.74) is 5.99. The Kier molecular flexibility index (Phi) is 3.86. The summed E-state index contributed by atoms with van der Waals surface area (Å²) in [7, 11) is -3.40. The predicted octanol–water partition coefficient (Wildman–Crippen LogP) is 2.30. The van der Waals surface area contributed by atoms with E-state index in [0.717, 1.165) is 12.3 Å². The van der Waals surface area contributed by atoms with Gasteiger partial charge in [-0.25, -0.2) is 12.8 Å². The van der Waals surface area contributed by atoms with Crippen molar-refractivity contribution in [1.29, 1.82) is 0 Å². The molecule has 0 spiro atoms. The van der Waals surface area contributed by atoms with Crippen molar-refractivity contribution in [3.05, 3.63) is 34.6 Å². The maximum atomic E-state index is 13.7. The standard InChI is InChI=1S/C11H15ClFNO2S/c1-11(2,17(3,15)16)10(14)8-5-4-7(12)6-9(8)13/h4-6,10H,14H2,1-3H3. The number of halogens is 2. The van der Waals surface area contributed by atoms with Crippen LogP contribution in [0.1, 0.15) is 25.5 Å². The normalized spacial score (nSPS) is 14.7. The zero-order chi connectivity index (χ0) is 13.4. The Hall–Kier alpha value is -0.650. The summed E-state index contributed by atoms with van der Waals surface area (Å²) in [5, 5.41) is 0.246. The molecule has 6 heteroatoms. The van der Waals surface area contributed by atoms with Crippen LogP contribution in [-0.2, 0) is 9.84 Å². The largest absolute Gasteiger partial charge is 0.323 e. The minimum atomic E-state index is -3.40. The number of hydrogen-bond donors (Lipinski definition) is 1. The van der Waals surface area contributed by atoms with Gasteiger partial charge in [-0.15, -0.1) is 0 Å². The number of hydrogen-bond acceptors (Lipinski definition) is 3.